The standard InChI is InChI=1S/C25H29N5OS/c1-19(24(31)29-16-14-28(15-17-29)18-20-8-4-2-5-9-20)32-25-26-23(21-12-13-21)30(27-25)22-10-6-3-7-11-22/h2-11,19,21H,12-18H2,1H3. The Labute approximate surface area is 193 Å². The van der Waals surface area contributed by atoms with E-state index in [4.69, 9.17) is 10.1 Å². The van der Waals surface area contributed by atoms with Gasteiger partial charge in [0.05, 0.1) is 10.9 Å². The minimum absolute atomic E-state index is 0.179. The van der Waals surface area contributed by atoms with E-state index < -0.39 is 0 Å². The molecule has 1 saturated carbocycles. The summed E-state index contributed by atoms with van der Waals surface area (Å²) in [5.74, 6) is 1.69. The number of para-hydroxylation sites is 1. The third-order valence-electron chi connectivity index (χ3n) is 6.12. The lowest BCUT2D eigenvalue weighted by atomic mass is 10.2. The molecule has 1 unspecified atom stereocenters. The van der Waals surface area contributed by atoms with Crippen LogP contribution in [0.15, 0.2) is 65.8 Å². The van der Waals surface area contributed by atoms with Crippen molar-refractivity contribution in [1.82, 2.24) is 24.6 Å². The van der Waals surface area contributed by atoms with Crippen LogP contribution in [0.3, 0.4) is 0 Å². The molecule has 1 saturated heterocycles. The molecule has 5 rings (SSSR count). The summed E-state index contributed by atoms with van der Waals surface area (Å²) in [5.41, 5.74) is 2.35. The van der Waals surface area contributed by atoms with E-state index >= 15 is 0 Å². The van der Waals surface area contributed by atoms with Crippen molar-refractivity contribution in [3.05, 3.63) is 72.1 Å². The molecule has 1 aliphatic heterocycles. The lowest BCUT2D eigenvalue weighted by Crippen LogP contribution is -2.50. The van der Waals surface area contributed by atoms with Crippen LogP contribution >= 0.6 is 11.8 Å². The zero-order chi connectivity index (χ0) is 21.9. The summed E-state index contributed by atoms with van der Waals surface area (Å²) in [4.78, 5) is 22.3. The third-order valence-corrected chi connectivity index (χ3v) is 7.06. The summed E-state index contributed by atoms with van der Waals surface area (Å²) >= 11 is 1.48. The third kappa shape index (κ3) is 4.89. The summed E-state index contributed by atoms with van der Waals surface area (Å²) in [6, 6.07) is 20.7. The molecule has 2 heterocycles. The van der Waals surface area contributed by atoms with Crippen LogP contribution < -0.4 is 0 Å². The second-order valence-corrected chi connectivity index (χ2v) is 9.93. The largest absolute Gasteiger partial charge is 0.339 e. The highest BCUT2D eigenvalue weighted by molar-refractivity contribution is 8.00. The van der Waals surface area contributed by atoms with Gasteiger partial charge in [0.25, 0.3) is 0 Å². The van der Waals surface area contributed by atoms with Crippen molar-refractivity contribution in [2.45, 2.75) is 42.6 Å². The van der Waals surface area contributed by atoms with Crippen LogP contribution in [0.2, 0.25) is 0 Å². The van der Waals surface area contributed by atoms with Crippen molar-refractivity contribution in [3.63, 3.8) is 0 Å². The van der Waals surface area contributed by atoms with Gasteiger partial charge in [0.1, 0.15) is 5.82 Å². The molecule has 3 aromatic rings. The highest BCUT2D eigenvalue weighted by Crippen LogP contribution is 2.40. The van der Waals surface area contributed by atoms with E-state index in [0.29, 0.717) is 11.1 Å². The van der Waals surface area contributed by atoms with Gasteiger partial charge in [-0.2, -0.15) is 0 Å². The van der Waals surface area contributed by atoms with Gasteiger partial charge in [0.15, 0.2) is 0 Å². The van der Waals surface area contributed by atoms with Crippen LogP contribution in [-0.4, -0.2) is 61.9 Å². The molecule has 2 aliphatic rings. The first-order valence-corrected chi connectivity index (χ1v) is 12.3. The average Bonchev–Trinajstić information content (AvgIpc) is 3.60. The lowest BCUT2D eigenvalue weighted by molar-refractivity contribution is -0.132. The number of aromatic nitrogens is 3. The Morgan fingerprint density at radius 3 is 2.31 bits per heavy atom. The Hall–Kier alpha value is -2.64. The molecule has 0 N–H and O–H groups in total. The van der Waals surface area contributed by atoms with Crippen molar-refractivity contribution < 1.29 is 4.79 Å². The van der Waals surface area contributed by atoms with Gasteiger partial charge in [-0.05, 0) is 37.5 Å². The first kappa shape index (κ1) is 21.2. The Morgan fingerprint density at radius 1 is 1.00 bits per heavy atom. The van der Waals surface area contributed by atoms with E-state index in [-0.39, 0.29) is 11.2 Å². The fourth-order valence-corrected chi connectivity index (χ4v) is 4.99. The van der Waals surface area contributed by atoms with E-state index in [0.717, 1.165) is 57.1 Å². The molecule has 1 aromatic heterocycles. The SMILES string of the molecule is CC(Sc1nc(C2CC2)n(-c2ccccc2)n1)C(=O)N1CCN(Cc2ccccc2)CC1. The summed E-state index contributed by atoms with van der Waals surface area (Å²) in [6.45, 7) is 6.28. The number of piperazine rings is 1. The van der Waals surface area contributed by atoms with Crippen molar-refractivity contribution in [3.8, 4) is 5.69 Å². The summed E-state index contributed by atoms with van der Waals surface area (Å²) in [6.07, 6.45) is 2.33. The second-order valence-electron chi connectivity index (χ2n) is 8.62. The first-order valence-electron chi connectivity index (χ1n) is 11.4. The number of carbonyl (C=O) groups excluding carboxylic acids is 1. The first-order chi connectivity index (χ1) is 15.7. The van der Waals surface area contributed by atoms with Gasteiger partial charge in [0.2, 0.25) is 11.1 Å². The van der Waals surface area contributed by atoms with E-state index in [2.05, 4.69) is 41.3 Å². The van der Waals surface area contributed by atoms with Crippen LogP contribution in [0.25, 0.3) is 5.69 Å². The lowest BCUT2D eigenvalue weighted by Gasteiger charge is -2.35. The topological polar surface area (TPSA) is 54.3 Å². The maximum Gasteiger partial charge on any atom is 0.235 e. The predicted molar refractivity (Wildman–Crippen MR) is 127 cm³/mol. The second kappa shape index (κ2) is 9.46. The molecule has 1 atom stereocenters. The van der Waals surface area contributed by atoms with Crippen LogP contribution in [-0.2, 0) is 11.3 Å². The van der Waals surface area contributed by atoms with Crippen molar-refractivity contribution in [2.24, 2.45) is 0 Å². The Balaban J connectivity index is 1.19. The van der Waals surface area contributed by atoms with Crippen molar-refractivity contribution in [1.29, 1.82) is 0 Å². The zero-order valence-electron chi connectivity index (χ0n) is 18.4. The number of rotatable bonds is 7. The summed E-state index contributed by atoms with van der Waals surface area (Å²) in [7, 11) is 0. The van der Waals surface area contributed by atoms with Gasteiger partial charge in [-0.3, -0.25) is 9.69 Å². The summed E-state index contributed by atoms with van der Waals surface area (Å²) < 4.78 is 1.96. The fraction of sp³-hybridized carbons (Fsp3) is 0.400. The molecule has 166 valence electrons. The van der Waals surface area contributed by atoms with Crippen LogP contribution in [0.1, 0.15) is 37.1 Å². The monoisotopic (exact) mass is 447 g/mol. The van der Waals surface area contributed by atoms with Crippen molar-refractivity contribution in [2.75, 3.05) is 26.2 Å². The van der Waals surface area contributed by atoms with Gasteiger partial charge in [-0.25, -0.2) is 9.67 Å². The number of thioether (sulfide) groups is 1. The number of nitrogens with zero attached hydrogens (tertiary/aromatic N) is 5. The summed E-state index contributed by atoms with van der Waals surface area (Å²) in [5, 5.41) is 5.25. The molecular formula is C25H29N5OS. The van der Waals surface area contributed by atoms with E-state index in [1.807, 2.05) is 40.8 Å². The smallest absolute Gasteiger partial charge is 0.235 e. The number of hydrogen-bond acceptors (Lipinski definition) is 5. The van der Waals surface area contributed by atoms with Crippen LogP contribution in [0, 0.1) is 0 Å². The molecule has 2 fully saturated rings. The molecule has 1 amide bonds. The number of benzene rings is 2. The van der Waals surface area contributed by atoms with Gasteiger partial charge in [0, 0.05) is 38.6 Å². The Kier molecular flexibility index (Phi) is 6.28. The van der Waals surface area contributed by atoms with E-state index in [1.165, 1.54) is 17.3 Å². The van der Waals surface area contributed by atoms with Gasteiger partial charge >= 0.3 is 0 Å². The molecular weight excluding hydrogens is 418 g/mol. The molecule has 0 spiro atoms. The molecule has 0 bridgehead atoms. The number of hydrogen-bond donors (Lipinski definition) is 0. The number of amides is 1. The van der Waals surface area contributed by atoms with Crippen LogP contribution in [0.4, 0.5) is 0 Å². The van der Waals surface area contributed by atoms with E-state index in [9.17, 15) is 4.79 Å². The van der Waals surface area contributed by atoms with Gasteiger partial charge in [-0.15, -0.1) is 5.10 Å². The van der Waals surface area contributed by atoms with Gasteiger partial charge < -0.3 is 4.90 Å². The Morgan fingerprint density at radius 2 is 1.66 bits per heavy atom. The highest BCUT2D eigenvalue weighted by atomic mass is 32.2. The Bertz CT molecular complexity index is 1040. The maximum absolute atomic E-state index is 13.1. The minimum atomic E-state index is -0.200. The predicted octanol–water partition coefficient (Wildman–Crippen LogP) is 3.97. The van der Waals surface area contributed by atoms with Gasteiger partial charge in [-0.1, -0.05) is 60.3 Å². The van der Waals surface area contributed by atoms with Crippen LogP contribution in [0.5, 0.6) is 0 Å². The average molecular weight is 448 g/mol. The minimum Gasteiger partial charge on any atom is -0.339 e. The molecule has 7 heteroatoms. The van der Waals surface area contributed by atoms with Crippen molar-refractivity contribution >= 4 is 17.7 Å². The molecule has 1 aliphatic carbocycles. The fourth-order valence-electron chi connectivity index (χ4n) is 4.15. The quantitative estimate of drug-likeness (QED) is 0.513. The molecule has 2 aromatic carbocycles. The molecule has 32 heavy (non-hydrogen) atoms. The zero-order valence-corrected chi connectivity index (χ0v) is 19.2. The maximum atomic E-state index is 13.1. The van der Waals surface area contributed by atoms with E-state index in [1.54, 1.807) is 0 Å². The number of carbonyl (C=O) groups is 1. The normalized spacial score (nSPS) is 18.0. The molecule has 0 radical (unpaired) electrons. The highest BCUT2D eigenvalue weighted by Gasteiger charge is 2.32. The molecule has 6 nitrogen and oxygen atoms in total.